The van der Waals surface area contributed by atoms with Crippen molar-refractivity contribution in [2.75, 3.05) is 13.1 Å². The molecule has 174 valence electrons. The molecule has 0 aliphatic carbocycles. The van der Waals surface area contributed by atoms with Crippen molar-refractivity contribution in [2.45, 2.75) is 32.1 Å². The third-order valence-electron chi connectivity index (χ3n) is 5.43. The SMILES string of the molecule is C=C1CN(C(=O)[C@H](O)[C@@H](O)C(=O)N[C@H](C)c2ccc(-n3cccn3)c(O)c2)C/C1=C/C=C\C. The Bertz CT molecular complexity index is 1090. The number of carbonyl (C=O) groups excluding carboxylic acids is 2. The smallest absolute Gasteiger partial charge is 0.255 e. The van der Waals surface area contributed by atoms with E-state index < -0.39 is 30.1 Å². The van der Waals surface area contributed by atoms with Gasteiger partial charge in [-0.1, -0.05) is 30.9 Å². The molecule has 1 aliphatic heterocycles. The van der Waals surface area contributed by atoms with E-state index in [0.29, 0.717) is 11.3 Å². The molecule has 0 unspecified atom stereocenters. The number of benzene rings is 1. The van der Waals surface area contributed by atoms with Gasteiger partial charge in [-0.05, 0) is 48.8 Å². The van der Waals surface area contributed by atoms with Gasteiger partial charge in [0.15, 0.2) is 12.2 Å². The molecule has 1 aliphatic rings. The van der Waals surface area contributed by atoms with Crippen LogP contribution in [-0.2, 0) is 9.59 Å². The van der Waals surface area contributed by atoms with Crippen LogP contribution in [0.3, 0.4) is 0 Å². The van der Waals surface area contributed by atoms with E-state index in [0.717, 1.165) is 11.1 Å². The number of hydrogen-bond donors (Lipinski definition) is 4. The molecule has 3 rings (SSSR count). The topological polar surface area (TPSA) is 128 Å². The summed E-state index contributed by atoms with van der Waals surface area (Å²) < 4.78 is 1.50. The lowest BCUT2D eigenvalue weighted by molar-refractivity contribution is -0.152. The van der Waals surface area contributed by atoms with Gasteiger partial charge in [-0.15, -0.1) is 0 Å². The molecule has 1 aromatic heterocycles. The summed E-state index contributed by atoms with van der Waals surface area (Å²) in [5, 5.41) is 37.5. The van der Waals surface area contributed by atoms with Crippen LogP contribution in [0.5, 0.6) is 5.75 Å². The Morgan fingerprint density at radius 2 is 2.00 bits per heavy atom. The summed E-state index contributed by atoms with van der Waals surface area (Å²) in [6.07, 6.45) is 4.91. The number of carbonyl (C=O) groups is 2. The van der Waals surface area contributed by atoms with E-state index in [-0.39, 0.29) is 18.8 Å². The van der Waals surface area contributed by atoms with Crippen LogP contribution in [0.1, 0.15) is 25.5 Å². The molecule has 0 saturated carbocycles. The van der Waals surface area contributed by atoms with Gasteiger partial charge in [0.05, 0.1) is 6.04 Å². The summed E-state index contributed by atoms with van der Waals surface area (Å²) in [6, 6.07) is 5.94. The molecule has 3 atom stereocenters. The second kappa shape index (κ2) is 10.3. The van der Waals surface area contributed by atoms with Crippen molar-refractivity contribution in [1.29, 1.82) is 0 Å². The number of hydrogen-bond acceptors (Lipinski definition) is 6. The van der Waals surface area contributed by atoms with E-state index in [1.165, 1.54) is 15.6 Å². The van der Waals surface area contributed by atoms with Crippen molar-refractivity contribution in [1.82, 2.24) is 20.0 Å². The molecule has 4 N–H and O–H groups in total. The minimum atomic E-state index is -1.95. The highest BCUT2D eigenvalue weighted by molar-refractivity contribution is 5.91. The van der Waals surface area contributed by atoms with E-state index in [1.54, 1.807) is 37.5 Å². The Labute approximate surface area is 192 Å². The second-order valence-corrected chi connectivity index (χ2v) is 7.83. The normalized spacial score (nSPS) is 18.0. The Hall–Kier alpha value is -3.69. The zero-order valence-corrected chi connectivity index (χ0v) is 18.5. The van der Waals surface area contributed by atoms with E-state index in [1.807, 2.05) is 25.2 Å². The average molecular weight is 453 g/mol. The third-order valence-corrected chi connectivity index (χ3v) is 5.43. The Morgan fingerprint density at radius 1 is 1.24 bits per heavy atom. The number of phenols is 1. The number of aromatic nitrogens is 2. The number of rotatable bonds is 7. The summed E-state index contributed by atoms with van der Waals surface area (Å²) in [5.74, 6) is -1.69. The van der Waals surface area contributed by atoms with Gasteiger partial charge in [-0.3, -0.25) is 9.59 Å². The van der Waals surface area contributed by atoms with Crippen LogP contribution in [-0.4, -0.2) is 67.1 Å². The number of phenolic OH excluding ortho intramolecular Hbond substituents is 1. The Kier molecular flexibility index (Phi) is 7.47. The van der Waals surface area contributed by atoms with Crippen LogP contribution in [0.2, 0.25) is 0 Å². The molecule has 0 spiro atoms. The molecule has 9 nitrogen and oxygen atoms in total. The first-order valence-corrected chi connectivity index (χ1v) is 10.5. The van der Waals surface area contributed by atoms with Crippen molar-refractivity contribution >= 4 is 11.8 Å². The van der Waals surface area contributed by atoms with Crippen molar-refractivity contribution in [3.63, 3.8) is 0 Å². The minimum Gasteiger partial charge on any atom is -0.506 e. The van der Waals surface area contributed by atoms with Gasteiger partial charge >= 0.3 is 0 Å². The Morgan fingerprint density at radius 3 is 2.64 bits per heavy atom. The molecule has 0 bridgehead atoms. The van der Waals surface area contributed by atoms with Crippen molar-refractivity contribution in [3.8, 4) is 11.4 Å². The lowest BCUT2D eigenvalue weighted by Gasteiger charge is -2.24. The number of nitrogens with one attached hydrogen (secondary N) is 1. The lowest BCUT2D eigenvalue weighted by atomic mass is 10.1. The molecule has 2 amide bonds. The van der Waals surface area contributed by atoms with Crippen LogP contribution in [0.15, 0.2) is 72.6 Å². The molecule has 2 heterocycles. The summed E-state index contributed by atoms with van der Waals surface area (Å²) in [7, 11) is 0. The number of aliphatic hydroxyl groups excluding tert-OH is 2. The molecular formula is C24H28N4O5. The van der Waals surface area contributed by atoms with E-state index in [9.17, 15) is 24.9 Å². The molecule has 0 radical (unpaired) electrons. The summed E-state index contributed by atoms with van der Waals surface area (Å²) in [5.41, 5.74) is 2.62. The molecular weight excluding hydrogens is 424 g/mol. The van der Waals surface area contributed by atoms with Gasteiger partial charge in [0.25, 0.3) is 11.8 Å². The van der Waals surface area contributed by atoms with Crippen LogP contribution >= 0.6 is 0 Å². The lowest BCUT2D eigenvalue weighted by Crippen LogP contribution is -2.50. The van der Waals surface area contributed by atoms with Crippen LogP contribution < -0.4 is 5.32 Å². The van der Waals surface area contributed by atoms with Gasteiger partial charge < -0.3 is 25.5 Å². The molecule has 1 fully saturated rings. The largest absolute Gasteiger partial charge is 0.506 e. The Balaban J connectivity index is 1.62. The van der Waals surface area contributed by atoms with Crippen molar-refractivity contribution < 1.29 is 24.9 Å². The maximum atomic E-state index is 12.6. The first-order valence-electron chi connectivity index (χ1n) is 10.5. The van der Waals surface area contributed by atoms with E-state index in [4.69, 9.17) is 0 Å². The molecule has 1 aromatic carbocycles. The highest BCUT2D eigenvalue weighted by Gasteiger charge is 2.36. The first kappa shape index (κ1) is 24.0. The van der Waals surface area contributed by atoms with E-state index in [2.05, 4.69) is 17.0 Å². The predicted octanol–water partition coefficient (Wildman–Crippen LogP) is 1.38. The monoisotopic (exact) mass is 452 g/mol. The number of aromatic hydroxyl groups is 1. The predicted molar refractivity (Wildman–Crippen MR) is 122 cm³/mol. The summed E-state index contributed by atoms with van der Waals surface area (Å²) >= 11 is 0. The summed E-state index contributed by atoms with van der Waals surface area (Å²) in [6.45, 7) is 7.90. The van der Waals surface area contributed by atoms with Crippen molar-refractivity contribution in [2.24, 2.45) is 0 Å². The number of amides is 2. The van der Waals surface area contributed by atoms with Gasteiger partial charge in [0.2, 0.25) is 0 Å². The number of nitrogens with zero attached hydrogens (tertiary/aromatic N) is 3. The first-order chi connectivity index (χ1) is 15.7. The van der Waals surface area contributed by atoms with Crippen LogP contribution in [0.4, 0.5) is 0 Å². The quantitative estimate of drug-likeness (QED) is 0.503. The number of allylic oxidation sites excluding steroid dienone is 3. The van der Waals surface area contributed by atoms with Crippen LogP contribution in [0, 0.1) is 0 Å². The molecule has 1 saturated heterocycles. The van der Waals surface area contributed by atoms with Crippen LogP contribution in [0.25, 0.3) is 5.69 Å². The fourth-order valence-electron chi connectivity index (χ4n) is 3.51. The number of aliphatic hydroxyl groups is 2. The van der Waals surface area contributed by atoms with Gasteiger partial charge in [-0.25, -0.2) is 4.68 Å². The zero-order valence-electron chi connectivity index (χ0n) is 18.5. The maximum Gasteiger partial charge on any atom is 0.255 e. The van der Waals surface area contributed by atoms with Crippen molar-refractivity contribution in [3.05, 3.63) is 78.2 Å². The number of likely N-dealkylation sites (tertiary alicyclic amines) is 1. The van der Waals surface area contributed by atoms with Gasteiger partial charge in [0.1, 0.15) is 11.4 Å². The minimum absolute atomic E-state index is 0.0379. The maximum absolute atomic E-state index is 12.6. The van der Waals surface area contributed by atoms with E-state index >= 15 is 0 Å². The van der Waals surface area contributed by atoms with Gasteiger partial charge in [-0.2, -0.15) is 5.10 Å². The molecule has 2 aromatic rings. The van der Waals surface area contributed by atoms with Gasteiger partial charge in [0, 0.05) is 25.5 Å². The third kappa shape index (κ3) is 5.39. The fraction of sp³-hybridized carbons (Fsp3) is 0.292. The molecule has 33 heavy (non-hydrogen) atoms. The fourth-order valence-corrected chi connectivity index (χ4v) is 3.51. The average Bonchev–Trinajstić information content (AvgIpc) is 3.46. The standard InChI is InChI=1S/C24H28N4O5/c1-4-5-7-18-14-27(13-15(18)2)24(33)22(31)21(30)23(32)26-16(3)17-8-9-19(20(29)12-17)28-11-6-10-25-28/h4-12,16,21-22,29-31H,2,13-14H2,1,3H3,(H,26,32)/b5-4-,18-7-/t16-,21-,22-/m1/s1. The highest BCUT2D eigenvalue weighted by Crippen LogP contribution is 2.26. The second-order valence-electron chi connectivity index (χ2n) is 7.83. The summed E-state index contributed by atoms with van der Waals surface area (Å²) in [4.78, 5) is 26.4. The zero-order chi connectivity index (χ0) is 24.1. The molecule has 9 heteroatoms. The highest BCUT2D eigenvalue weighted by atomic mass is 16.3.